The largest absolute Gasteiger partial charge is 0.486 e. The number of hydrogen-bond donors (Lipinski definition) is 1. The second-order valence-corrected chi connectivity index (χ2v) is 10.6. The SMILES string of the molecule is Cn1c(=NC(=O)c2ccc(NS(=O)(=O)c3ccc(Cl)cc3)cc2)sc2cc3c(cc21)OCCO3. The highest BCUT2D eigenvalue weighted by molar-refractivity contribution is 7.92. The first-order chi connectivity index (χ1) is 16.3. The van der Waals surface area contributed by atoms with Gasteiger partial charge in [0.05, 0.1) is 15.1 Å². The predicted molar refractivity (Wildman–Crippen MR) is 130 cm³/mol. The summed E-state index contributed by atoms with van der Waals surface area (Å²) >= 11 is 7.19. The van der Waals surface area contributed by atoms with E-state index < -0.39 is 15.9 Å². The van der Waals surface area contributed by atoms with Gasteiger partial charge in [-0.15, -0.1) is 0 Å². The van der Waals surface area contributed by atoms with Crippen LogP contribution in [0.3, 0.4) is 0 Å². The molecule has 2 heterocycles. The van der Waals surface area contributed by atoms with E-state index in [1.807, 2.05) is 23.7 Å². The van der Waals surface area contributed by atoms with Crippen LogP contribution in [0.5, 0.6) is 11.5 Å². The smallest absolute Gasteiger partial charge is 0.279 e. The number of nitrogens with zero attached hydrogens (tertiary/aromatic N) is 2. The van der Waals surface area contributed by atoms with E-state index in [4.69, 9.17) is 21.1 Å². The molecule has 174 valence electrons. The lowest BCUT2D eigenvalue weighted by atomic mass is 10.2. The number of hydrogen-bond acceptors (Lipinski definition) is 6. The van der Waals surface area contributed by atoms with Gasteiger partial charge in [0.25, 0.3) is 15.9 Å². The van der Waals surface area contributed by atoms with Crippen LogP contribution in [0.2, 0.25) is 5.02 Å². The number of carbonyl (C=O) groups is 1. The molecule has 0 unspecified atom stereocenters. The van der Waals surface area contributed by atoms with Crippen molar-refractivity contribution in [2.75, 3.05) is 17.9 Å². The Balaban J connectivity index is 1.38. The molecule has 11 heteroatoms. The van der Waals surface area contributed by atoms with Gasteiger partial charge in [-0.25, -0.2) is 8.42 Å². The Morgan fingerprint density at radius 3 is 2.35 bits per heavy atom. The van der Waals surface area contributed by atoms with Gasteiger partial charge in [-0.2, -0.15) is 4.99 Å². The van der Waals surface area contributed by atoms with Crippen LogP contribution in [-0.4, -0.2) is 32.1 Å². The lowest BCUT2D eigenvalue weighted by Gasteiger charge is -2.18. The van der Waals surface area contributed by atoms with Crippen LogP contribution < -0.4 is 19.0 Å². The van der Waals surface area contributed by atoms with Crippen LogP contribution in [-0.2, 0) is 17.1 Å². The summed E-state index contributed by atoms with van der Waals surface area (Å²) < 4.78 is 41.6. The highest BCUT2D eigenvalue weighted by Gasteiger charge is 2.17. The fourth-order valence-electron chi connectivity index (χ4n) is 3.43. The molecule has 0 radical (unpaired) electrons. The molecule has 1 aliphatic heterocycles. The molecule has 0 aliphatic carbocycles. The van der Waals surface area contributed by atoms with Crippen molar-refractivity contribution in [1.29, 1.82) is 0 Å². The molecule has 0 saturated carbocycles. The van der Waals surface area contributed by atoms with E-state index in [-0.39, 0.29) is 4.90 Å². The molecule has 0 bridgehead atoms. The fraction of sp³-hybridized carbons (Fsp3) is 0.130. The number of thiazole rings is 1. The Morgan fingerprint density at radius 1 is 1.03 bits per heavy atom. The van der Waals surface area contributed by atoms with E-state index in [0.29, 0.717) is 45.8 Å². The fourth-order valence-corrected chi connectivity index (χ4v) is 5.64. The maximum absolute atomic E-state index is 12.8. The molecule has 4 aromatic rings. The van der Waals surface area contributed by atoms with Crippen molar-refractivity contribution in [1.82, 2.24) is 4.57 Å². The van der Waals surface area contributed by atoms with Gasteiger partial charge in [0.15, 0.2) is 16.3 Å². The van der Waals surface area contributed by atoms with E-state index >= 15 is 0 Å². The Labute approximate surface area is 204 Å². The molecule has 0 spiro atoms. The highest BCUT2D eigenvalue weighted by Crippen LogP contribution is 2.35. The Morgan fingerprint density at radius 2 is 1.68 bits per heavy atom. The lowest BCUT2D eigenvalue weighted by Crippen LogP contribution is -2.16. The summed E-state index contributed by atoms with van der Waals surface area (Å²) in [7, 11) is -1.95. The molecule has 0 atom stereocenters. The summed E-state index contributed by atoms with van der Waals surface area (Å²) in [6, 6.07) is 15.7. The molecule has 8 nitrogen and oxygen atoms in total. The van der Waals surface area contributed by atoms with Crippen LogP contribution in [0.4, 0.5) is 5.69 Å². The first-order valence-electron chi connectivity index (χ1n) is 10.2. The van der Waals surface area contributed by atoms with Crippen molar-refractivity contribution in [2.45, 2.75) is 4.90 Å². The maximum Gasteiger partial charge on any atom is 0.279 e. The zero-order chi connectivity index (χ0) is 23.9. The highest BCUT2D eigenvalue weighted by atomic mass is 35.5. The van der Waals surface area contributed by atoms with Crippen LogP contribution in [0, 0.1) is 0 Å². The summed E-state index contributed by atoms with van der Waals surface area (Å²) in [4.78, 5) is 17.6. The molecule has 1 aromatic heterocycles. The Bertz CT molecular complexity index is 1570. The molecule has 1 N–H and O–H groups in total. The van der Waals surface area contributed by atoms with E-state index in [1.54, 1.807) is 0 Å². The molecule has 5 rings (SSSR count). The van der Waals surface area contributed by atoms with Crippen LogP contribution in [0.25, 0.3) is 10.2 Å². The van der Waals surface area contributed by atoms with Crippen molar-refractivity contribution in [3.8, 4) is 11.5 Å². The first kappa shape index (κ1) is 22.5. The molecule has 1 amide bonds. The van der Waals surface area contributed by atoms with Gasteiger partial charge in [-0.1, -0.05) is 22.9 Å². The number of aryl methyl sites for hydroxylation is 1. The number of ether oxygens (including phenoxy) is 2. The molecule has 34 heavy (non-hydrogen) atoms. The monoisotopic (exact) mass is 515 g/mol. The van der Waals surface area contributed by atoms with Gasteiger partial charge >= 0.3 is 0 Å². The number of carbonyl (C=O) groups excluding carboxylic acids is 1. The molecular formula is C23H18ClN3O5S2. The average molecular weight is 516 g/mol. The summed E-state index contributed by atoms with van der Waals surface area (Å²) in [5.74, 6) is 0.906. The maximum atomic E-state index is 12.8. The Kier molecular flexibility index (Phi) is 5.80. The third kappa shape index (κ3) is 4.39. The molecule has 0 saturated heterocycles. The zero-order valence-electron chi connectivity index (χ0n) is 17.8. The second kappa shape index (κ2) is 8.79. The van der Waals surface area contributed by atoms with E-state index in [0.717, 1.165) is 10.2 Å². The van der Waals surface area contributed by atoms with Gasteiger partial charge in [-0.05, 0) is 48.5 Å². The van der Waals surface area contributed by atoms with Crippen molar-refractivity contribution >= 4 is 54.8 Å². The standard InChI is InChI=1S/C23H18ClN3O5S2/c1-27-18-12-19-20(32-11-10-31-19)13-21(18)33-23(27)25-22(28)14-2-6-16(7-3-14)26-34(29,30)17-8-4-15(24)5-9-17/h2-9,12-13,26H,10-11H2,1H3. The molecule has 3 aromatic carbocycles. The summed E-state index contributed by atoms with van der Waals surface area (Å²) in [5.41, 5.74) is 1.54. The predicted octanol–water partition coefficient (Wildman–Crippen LogP) is 4.21. The van der Waals surface area contributed by atoms with Crippen LogP contribution in [0.15, 0.2) is 70.6 Å². The summed E-state index contributed by atoms with van der Waals surface area (Å²) in [6.07, 6.45) is 0. The normalized spacial score (nSPS) is 13.8. The first-order valence-corrected chi connectivity index (χ1v) is 12.8. The van der Waals surface area contributed by atoms with E-state index in [1.165, 1.54) is 59.9 Å². The van der Waals surface area contributed by atoms with Crippen molar-refractivity contribution in [2.24, 2.45) is 12.0 Å². The minimum atomic E-state index is -3.78. The van der Waals surface area contributed by atoms with Crippen molar-refractivity contribution in [3.05, 3.63) is 76.1 Å². The van der Waals surface area contributed by atoms with Crippen LogP contribution in [0.1, 0.15) is 10.4 Å². The molecule has 1 aliphatic rings. The van der Waals surface area contributed by atoms with Gasteiger partial charge in [-0.3, -0.25) is 9.52 Å². The molecule has 0 fully saturated rings. The lowest BCUT2D eigenvalue weighted by molar-refractivity contribution is 0.0998. The number of anilines is 1. The van der Waals surface area contributed by atoms with E-state index in [2.05, 4.69) is 9.71 Å². The number of rotatable bonds is 4. The van der Waals surface area contributed by atoms with Gasteiger partial charge in [0.2, 0.25) is 0 Å². The van der Waals surface area contributed by atoms with Crippen molar-refractivity contribution < 1.29 is 22.7 Å². The number of aromatic nitrogens is 1. The number of nitrogens with one attached hydrogen (secondary N) is 1. The minimum Gasteiger partial charge on any atom is -0.486 e. The van der Waals surface area contributed by atoms with Gasteiger partial charge in [0, 0.05) is 35.5 Å². The Hall–Kier alpha value is -3.34. The average Bonchev–Trinajstić information content (AvgIpc) is 3.12. The summed E-state index contributed by atoms with van der Waals surface area (Å²) in [6.45, 7) is 0.992. The topological polar surface area (TPSA) is 99.0 Å². The number of fused-ring (bicyclic) bond motifs is 2. The van der Waals surface area contributed by atoms with Crippen LogP contribution >= 0.6 is 22.9 Å². The van der Waals surface area contributed by atoms with Crippen molar-refractivity contribution in [3.63, 3.8) is 0 Å². The zero-order valence-corrected chi connectivity index (χ0v) is 20.2. The van der Waals surface area contributed by atoms with E-state index in [9.17, 15) is 13.2 Å². The molecular weight excluding hydrogens is 498 g/mol. The quantitative estimate of drug-likeness (QED) is 0.439. The van der Waals surface area contributed by atoms with Gasteiger partial charge in [0.1, 0.15) is 13.2 Å². The number of amides is 1. The number of sulfonamides is 1. The number of benzene rings is 3. The third-order valence-corrected chi connectivity index (χ3v) is 7.92. The minimum absolute atomic E-state index is 0.0850. The second-order valence-electron chi connectivity index (χ2n) is 7.46. The summed E-state index contributed by atoms with van der Waals surface area (Å²) in [5, 5.41) is 0.443. The van der Waals surface area contributed by atoms with Gasteiger partial charge < -0.3 is 14.0 Å². The third-order valence-electron chi connectivity index (χ3n) is 5.18. The number of halogens is 1.